The van der Waals surface area contributed by atoms with Gasteiger partial charge in [-0.15, -0.1) is 0 Å². The van der Waals surface area contributed by atoms with Crippen LogP contribution in [0, 0.1) is 0 Å². The molecular weight excluding hydrogens is 454 g/mol. The standard InChI is InChI=1S/C22H19BrClN3O2/c1-3-21(28)27-20(12-19(26-27)13-4-7-15(23)8-5-13)17-10-14-6-9-16(29-2)11-18(14)25-22(17)24/h4-11,20H,3,12H2,1-2H3. The van der Waals surface area contributed by atoms with E-state index >= 15 is 0 Å². The van der Waals surface area contributed by atoms with E-state index in [4.69, 9.17) is 16.3 Å². The van der Waals surface area contributed by atoms with Gasteiger partial charge in [-0.25, -0.2) is 9.99 Å². The molecule has 0 fully saturated rings. The molecular formula is C22H19BrClN3O2. The monoisotopic (exact) mass is 471 g/mol. The molecule has 4 rings (SSSR count). The minimum Gasteiger partial charge on any atom is -0.497 e. The number of benzene rings is 2. The van der Waals surface area contributed by atoms with Crippen LogP contribution in [0.2, 0.25) is 5.15 Å². The Bertz CT molecular complexity index is 1110. The number of aromatic nitrogens is 1. The number of carbonyl (C=O) groups excluding carboxylic acids is 1. The fraction of sp³-hybridized carbons (Fsp3) is 0.227. The maximum Gasteiger partial charge on any atom is 0.242 e. The van der Waals surface area contributed by atoms with Gasteiger partial charge in [-0.3, -0.25) is 4.79 Å². The summed E-state index contributed by atoms with van der Waals surface area (Å²) in [7, 11) is 1.62. The van der Waals surface area contributed by atoms with E-state index in [1.165, 1.54) is 0 Å². The molecule has 148 valence electrons. The van der Waals surface area contributed by atoms with Gasteiger partial charge in [0.2, 0.25) is 5.91 Å². The van der Waals surface area contributed by atoms with Crippen LogP contribution in [-0.4, -0.2) is 28.7 Å². The van der Waals surface area contributed by atoms with Gasteiger partial charge in [-0.1, -0.05) is 46.6 Å². The Hall–Kier alpha value is -2.44. The van der Waals surface area contributed by atoms with Crippen molar-refractivity contribution in [1.82, 2.24) is 9.99 Å². The molecule has 1 unspecified atom stereocenters. The van der Waals surface area contributed by atoms with E-state index in [9.17, 15) is 4.79 Å². The molecule has 0 spiro atoms. The Morgan fingerprint density at radius 3 is 2.69 bits per heavy atom. The van der Waals surface area contributed by atoms with E-state index in [1.807, 2.05) is 55.5 Å². The third kappa shape index (κ3) is 3.87. The molecule has 0 saturated heterocycles. The van der Waals surface area contributed by atoms with E-state index in [-0.39, 0.29) is 11.9 Å². The average Bonchev–Trinajstić information content (AvgIpc) is 3.17. The Balaban J connectivity index is 1.75. The topological polar surface area (TPSA) is 54.8 Å². The number of methoxy groups -OCH3 is 1. The predicted octanol–water partition coefficient (Wildman–Crippen LogP) is 5.75. The van der Waals surface area contributed by atoms with Crippen molar-refractivity contribution in [3.63, 3.8) is 0 Å². The van der Waals surface area contributed by atoms with Crippen molar-refractivity contribution in [2.24, 2.45) is 5.10 Å². The third-order valence-corrected chi connectivity index (χ3v) is 5.84. The van der Waals surface area contributed by atoms with Crippen molar-refractivity contribution >= 4 is 50.1 Å². The molecule has 0 saturated carbocycles. The highest BCUT2D eigenvalue weighted by Gasteiger charge is 2.34. The molecule has 1 atom stereocenters. The Labute approximate surface area is 182 Å². The first-order chi connectivity index (χ1) is 14.0. The molecule has 2 heterocycles. The van der Waals surface area contributed by atoms with E-state index in [1.54, 1.807) is 12.1 Å². The molecule has 0 radical (unpaired) electrons. The number of hydrogen-bond acceptors (Lipinski definition) is 4. The van der Waals surface area contributed by atoms with Crippen molar-refractivity contribution in [2.75, 3.05) is 7.11 Å². The molecule has 5 nitrogen and oxygen atoms in total. The van der Waals surface area contributed by atoms with Crippen molar-refractivity contribution in [3.05, 3.63) is 69.3 Å². The summed E-state index contributed by atoms with van der Waals surface area (Å²) in [5.74, 6) is 0.673. The summed E-state index contributed by atoms with van der Waals surface area (Å²) >= 11 is 10.0. The highest BCUT2D eigenvalue weighted by atomic mass is 79.9. The molecule has 1 aliphatic heterocycles. The molecule has 1 aliphatic rings. The summed E-state index contributed by atoms with van der Waals surface area (Å²) in [6.45, 7) is 1.83. The SMILES string of the molecule is CCC(=O)N1N=C(c2ccc(Br)cc2)CC1c1cc2ccc(OC)cc2nc1Cl. The number of ether oxygens (including phenoxy) is 1. The molecule has 3 aromatic rings. The zero-order chi connectivity index (χ0) is 20.5. The van der Waals surface area contributed by atoms with Gasteiger partial charge in [0.1, 0.15) is 10.9 Å². The number of rotatable bonds is 4. The Morgan fingerprint density at radius 2 is 2.00 bits per heavy atom. The van der Waals surface area contributed by atoms with Gasteiger partial charge in [0.15, 0.2) is 0 Å². The quantitative estimate of drug-likeness (QED) is 0.455. The first-order valence-electron chi connectivity index (χ1n) is 9.29. The summed E-state index contributed by atoms with van der Waals surface area (Å²) in [5.41, 5.74) is 3.38. The van der Waals surface area contributed by atoms with Crippen LogP contribution in [0.4, 0.5) is 0 Å². The lowest BCUT2D eigenvalue weighted by atomic mass is 9.98. The van der Waals surface area contributed by atoms with Crippen LogP contribution in [-0.2, 0) is 4.79 Å². The first kappa shape index (κ1) is 19.9. The van der Waals surface area contributed by atoms with Crippen LogP contribution in [0.15, 0.2) is 58.1 Å². The van der Waals surface area contributed by atoms with Crippen LogP contribution >= 0.6 is 27.5 Å². The first-order valence-corrected chi connectivity index (χ1v) is 10.5. The number of hydrazone groups is 1. The zero-order valence-corrected chi connectivity index (χ0v) is 18.4. The largest absolute Gasteiger partial charge is 0.497 e. The lowest BCUT2D eigenvalue weighted by molar-refractivity contribution is -0.132. The molecule has 0 aliphatic carbocycles. The molecule has 2 aromatic carbocycles. The van der Waals surface area contributed by atoms with E-state index in [2.05, 4.69) is 26.0 Å². The molecule has 0 bridgehead atoms. The van der Waals surface area contributed by atoms with Gasteiger partial charge in [-0.2, -0.15) is 5.10 Å². The average molecular weight is 473 g/mol. The Kier molecular flexibility index (Phi) is 5.56. The van der Waals surface area contributed by atoms with Crippen LogP contribution in [0.25, 0.3) is 10.9 Å². The number of carbonyl (C=O) groups is 1. The number of fused-ring (bicyclic) bond motifs is 1. The number of pyridine rings is 1. The smallest absolute Gasteiger partial charge is 0.242 e. The highest BCUT2D eigenvalue weighted by molar-refractivity contribution is 9.10. The molecule has 29 heavy (non-hydrogen) atoms. The fourth-order valence-electron chi connectivity index (χ4n) is 3.46. The maximum atomic E-state index is 12.6. The van der Waals surface area contributed by atoms with Gasteiger partial charge >= 0.3 is 0 Å². The lowest BCUT2D eigenvalue weighted by Crippen LogP contribution is -2.26. The second kappa shape index (κ2) is 8.13. The zero-order valence-electron chi connectivity index (χ0n) is 16.0. The molecule has 7 heteroatoms. The predicted molar refractivity (Wildman–Crippen MR) is 118 cm³/mol. The second-order valence-corrected chi connectivity index (χ2v) is 8.07. The minimum atomic E-state index is -0.285. The van der Waals surface area contributed by atoms with Gasteiger partial charge in [0.05, 0.1) is 24.4 Å². The molecule has 0 N–H and O–H groups in total. The molecule has 1 aromatic heterocycles. The third-order valence-electron chi connectivity index (χ3n) is 5.01. The van der Waals surface area contributed by atoms with Crippen molar-refractivity contribution < 1.29 is 9.53 Å². The summed E-state index contributed by atoms with van der Waals surface area (Å²) in [6, 6.07) is 15.3. The number of hydrogen-bond donors (Lipinski definition) is 0. The number of halogens is 2. The summed E-state index contributed by atoms with van der Waals surface area (Å²) < 4.78 is 6.26. The number of nitrogens with zero attached hydrogens (tertiary/aromatic N) is 3. The maximum absolute atomic E-state index is 12.6. The van der Waals surface area contributed by atoms with Gasteiger partial charge in [0.25, 0.3) is 0 Å². The van der Waals surface area contributed by atoms with Crippen LogP contribution < -0.4 is 4.74 Å². The summed E-state index contributed by atoms with van der Waals surface area (Å²) in [5, 5.41) is 7.50. The normalized spacial score (nSPS) is 16.2. The van der Waals surface area contributed by atoms with Crippen molar-refractivity contribution in [1.29, 1.82) is 0 Å². The molecule has 1 amide bonds. The van der Waals surface area contributed by atoms with Crippen LogP contribution in [0.5, 0.6) is 5.75 Å². The number of amides is 1. The second-order valence-electron chi connectivity index (χ2n) is 6.79. The Morgan fingerprint density at radius 1 is 1.24 bits per heavy atom. The van der Waals surface area contributed by atoms with E-state index < -0.39 is 0 Å². The van der Waals surface area contributed by atoms with E-state index in [0.29, 0.717) is 18.0 Å². The van der Waals surface area contributed by atoms with Gasteiger partial charge in [0, 0.05) is 34.3 Å². The van der Waals surface area contributed by atoms with Gasteiger partial charge in [-0.05, 0) is 35.9 Å². The van der Waals surface area contributed by atoms with Gasteiger partial charge < -0.3 is 4.74 Å². The summed E-state index contributed by atoms with van der Waals surface area (Å²) in [6.07, 6.45) is 0.944. The highest BCUT2D eigenvalue weighted by Crippen LogP contribution is 2.38. The van der Waals surface area contributed by atoms with E-state index in [0.717, 1.165) is 38.0 Å². The van der Waals surface area contributed by atoms with Crippen molar-refractivity contribution in [2.45, 2.75) is 25.8 Å². The minimum absolute atomic E-state index is 0.0481. The fourth-order valence-corrected chi connectivity index (χ4v) is 4.00. The van der Waals surface area contributed by atoms with Crippen LogP contribution in [0.1, 0.15) is 36.9 Å². The van der Waals surface area contributed by atoms with Crippen molar-refractivity contribution in [3.8, 4) is 5.75 Å². The van der Waals surface area contributed by atoms with Crippen LogP contribution in [0.3, 0.4) is 0 Å². The lowest BCUT2D eigenvalue weighted by Gasteiger charge is -2.22. The summed E-state index contributed by atoms with van der Waals surface area (Å²) in [4.78, 5) is 17.2.